The smallest absolute Gasteiger partial charge is 1.00 e. The van der Waals surface area contributed by atoms with Crippen molar-refractivity contribution in [2.75, 3.05) is 73.3 Å². The Kier molecular flexibility index (Phi) is 31.7. The topological polar surface area (TPSA) is 128 Å². The fourth-order valence-electron chi connectivity index (χ4n) is 7.94. The number of nitrogens with one attached hydrogen (secondary N) is 1. The second-order valence-corrected chi connectivity index (χ2v) is 22.1. The molecule has 0 atom stereocenters. The van der Waals surface area contributed by atoms with Crippen LogP contribution >= 0.6 is 28.3 Å². The summed E-state index contributed by atoms with van der Waals surface area (Å²) in [6.45, 7) is 25.9. The van der Waals surface area contributed by atoms with Crippen molar-refractivity contribution in [3.05, 3.63) is 91.0 Å². The Balaban J connectivity index is 0. The zero-order valence-corrected chi connectivity index (χ0v) is 46.5. The Morgan fingerprint density at radius 3 is 1.23 bits per heavy atom. The van der Waals surface area contributed by atoms with Crippen molar-refractivity contribution >= 4 is 57.6 Å². The molecule has 0 spiro atoms. The van der Waals surface area contributed by atoms with Gasteiger partial charge in [0.2, 0.25) is 0 Å². The summed E-state index contributed by atoms with van der Waals surface area (Å²) >= 11 is 3.13. The van der Waals surface area contributed by atoms with Crippen molar-refractivity contribution in [3.8, 4) is 17.2 Å². The van der Waals surface area contributed by atoms with Gasteiger partial charge in [0, 0.05) is 44.9 Å². The van der Waals surface area contributed by atoms with Gasteiger partial charge in [0.15, 0.2) is 17.4 Å². The maximum atomic E-state index is 11.9. The summed E-state index contributed by atoms with van der Waals surface area (Å²) in [6.07, 6.45) is 8.49. The Morgan fingerprint density at radius 2 is 0.957 bits per heavy atom. The minimum absolute atomic E-state index is 0. The Morgan fingerprint density at radius 1 is 0.629 bits per heavy atom. The van der Waals surface area contributed by atoms with Gasteiger partial charge in [0.1, 0.15) is 43.9 Å². The Bertz CT molecular complexity index is 1840. The van der Waals surface area contributed by atoms with Crippen LogP contribution in [0.1, 0.15) is 115 Å². The quantitative estimate of drug-likeness (QED) is 0.128. The summed E-state index contributed by atoms with van der Waals surface area (Å²) in [4.78, 5) is 27.0. The van der Waals surface area contributed by atoms with Crippen LogP contribution in [0.2, 0.25) is 0 Å². The van der Waals surface area contributed by atoms with Crippen LogP contribution in [0.4, 0.5) is 0 Å². The van der Waals surface area contributed by atoms with Crippen LogP contribution in [0.25, 0.3) is 0 Å². The third-order valence-corrected chi connectivity index (χ3v) is 13.2. The van der Waals surface area contributed by atoms with E-state index in [1.54, 1.807) is 13.8 Å². The number of aliphatic hydroxyl groups excluding tert-OH is 1. The number of carbonyl (C=O) groups is 2. The zero-order chi connectivity index (χ0) is 49.6. The van der Waals surface area contributed by atoms with E-state index in [2.05, 4.69) is 70.4 Å². The predicted octanol–water partition coefficient (Wildman–Crippen LogP) is 6.25. The molecular formula is C54H89AlBrClLiN3O9. The first-order chi connectivity index (χ1) is 31.6. The number of aliphatic hydroxyl groups is 1. The second kappa shape index (κ2) is 32.8. The summed E-state index contributed by atoms with van der Waals surface area (Å²) in [5.74, 6) is 2.39. The summed E-state index contributed by atoms with van der Waals surface area (Å²) in [6, 6.07) is 30.0. The van der Waals surface area contributed by atoms with E-state index in [1.165, 1.54) is 27.1 Å². The van der Waals surface area contributed by atoms with Gasteiger partial charge in [0.05, 0.1) is 20.8 Å². The molecule has 392 valence electrons. The molecule has 7 rings (SSSR count). The number of ether oxygens (including phenoxy) is 6. The van der Waals surface area contributed by atoms with Crippen molar-refractivity contribution in [2.24, 2.45) is 0 Å². The van der Waals surface area contributed by atoms with Crippen LogP contribution < -0.4 is 38.4 Å². The maximum absolute atomic E-state index is 11.9. The molecule has 4 aliphatic rings. The number of hydrogen-bond donors (Lipinski definition) is 2. The Labute approximate surface area is 460 Å². The molecule has 70 heavy (non-hydrogen) atoms. The minimum atomic E-state index is -0.581. The van der Waals surface area contributed by atoms with Crippen LogP contribution in [-0.4, -0.2) is 150 Å². The van der Waals surface area contributed by atoms with Gasteiger partial charge in [-0.3, -0.25) is 19.4 Å². The van der Waals surface area contributed by atoms with Gasteiger partial charge in [-0.2, -0.15) is 0 Å². The SMILES string of the molecule is C1CCOC1.CC1(Oc2ccccc2)CCN(C(C)(C)CO)CC1.CC1(Oc2ccccc2)CCNCC1.COC(=O)C(C)(C)Br.COC(=O)C(C)(C)N1CCC(C)(Oc2ccccc2)CC1.Cl.[AlH3].[H-].[Li+]. The number of alkyl halides is 1. The summed E-state index contributed by atoms with van der Waals surface area (Å²) in [7, 11) is 2.81. The monoisotopic (exact) mass is 1070 g/mol. The van der Waals surface area contributed by atoms with E-state index >= 15 is 0 Å². The van der Waals surface area contributed by atoms with E-state index in [1.807, 2.05) is 105 Å². The van der Waals surface area contributed by atoms with Gasteiger partial charge in [-0.15, -0.1) is 12.4 Å². The molecule has 0 saturated carbocycles. The molecule has 0 radical (unpaired) electrons. The standard InChI is InChI=1S/C17H25NO3.C16H25NO2.C12H17NO.C5H9BrO2.C4H8O.Al.ClH.Li.4H/c1-16(2,15(19)20-4)18-12-10-17(3,11-13-18)21-14-8-6-5-7-9-14;1-15(2,13-18)17-11-9-16(3,10-12-17)19-14-7-5-4-6-8-14;1-12(7-9-13-10-8-12)14-11-5-3-2-4-6-11;1-5(2,6)4(7)8-3;1-2-4-5-3-1;;;;;;;/h5-9H,10-13H2,1-4H3;4-8,18H,9-13H2,1-3H3;2-6,13H,7-10H2,1H3;1-3H3;1-4H2;;1H;;;;;/q;;;;;;;+1;;;;-1. The van der Waals surface area contributed by atoms with Crippen LogP contribution in [0.15, 0.2) is 91.0 Å². The first kappa shape index (κ1) is 67.7. The molecule has 12 nitrogen and oxygen atoms in total. The van der Waals surface area contributed by atoms with Gasteiger partial charge in [0.25, 0.3) is 0 Å². The molecule has 16 heteroatoms. The average Bonchev–Trinajstić information content (AvgIpc) is 3.91. The number of nitrogens with zero attached hydrogens (tertiary/aromatic N) is 2. The van der Waals surface area contributed by atoms with Crippen LogP contribution in [-0.2, 0) is 23.8 Å². The van der Waals surface area contributed by atoms with Gasteiger partial charge in [-0.25, -0.2) is 0 Å². The summed E-state index contributed by atoms with van der Waals surface area (Å²) in [5.41, 5.74) is -0.961. The molecule has 4 fully saturated rings. The van der Waals surface area contributed by atoms with E-state index in [-0.39, 0.29) is 90.9 Å². The van der Waals surface area contributed by atoms with Crippen molar-refractivity contribution in [1.29, 1.82) is 0 Å². The van der Waals surface area contributed by atoms with Crippen molar-refractivity contribution in [1.82, 2.24) is 15.1 Å². The number of carbonyl (C=O) groups excluding carboxylic acids is 2. The number of benzene rings is 3. The third kappa shape index (κ3) is 24.2. The van der Waals surface area contributed by atoms with Gasteiger partial charge < -0.3 is 40.3 Å². The number of piperidine rings is 3. The number of halogens is 2. The molecule has 0 aliphatic carbocycles. The predicted molar refractivity (Wildman–Crippen MR) is 291 cm³/mol. The number of rotatable bonds is 11. The number of esters is 2. The van der Waals surface area contributed by atoms with E-state index in [9.17, 15) is 14.7 Å². The largest absolute Gasteiger partial charge is 1.00 e. The Hall–Kier alpha value is -2.30. The first-order valence-corrected chi connectivity index (χ1v) is 24.9. The summed E-state index contributed by atoms with van der Waals surface area (Å²) < 4.78 is 32.0. The minimum Gasteiger partial charge on any atom is -1.00 e. The summed E-state index contributed by atoms with van der Waals surface area (Å²) in [5, 5.41) is 12.8. The fraction of sp³-hybridized carbons (Fsp3) is 0.630. The normalized spacial score (nSPS) is 18.2. The molecule has 0 unspecified atom stereocenters. The molecule has 0 aromatic heterocycles. The van der Waals surface area contributed by atoms with Crippen molar-refractivity contribution in [3.63, 3.8) is 0 Å². The molecule has 2 N–H and O–H groups in total. The maximum Gasteiger partial charge on any atom is 1.00 e. The van der Waals surface area contributed by atoms with Gasteiger partial charge in [-0.1, -0.05) is 70.5 Å². The van der Waals surface area contributed by atoms with Crippen molar-refractivity contribution < 1.29 is 63.4 Å². The van der Waals surface area contributed by atoms with Crippen molar-refractivity contribution in [2.45, 2.75) is 146 Å². The van der Waals surface area contributed by atoms with Crippen LogP contribution in [0, 0.1) is 0 Å². The zero-order valence-electron chi connectivity index (χ0n) is 45.1. The van der Waals surface area contributed by atoms with E-state index in [4.69, 9.17) is 23.7 Å². The van der Waals surface area contributed by atoms with Gasteiger partial charge >= 0.3 is 30.8 Å². The number of hydrogen-bond acceptors (Lipinski definition) is 12. The molecule has 0 amide bonds. The molecule has 4 heterocycles. The number of likely N-dealkylation sites (tertiary alicyclic amines) is 2. The van der Waals surface area contributed by atoms with Crippen LogP contribution in [0.5, 0.6) is 17.2 Å². The molecular weight excluding hydrogens is 984 g/mol. The van der Waals surface area contributed by atoms with E-state index < -0.39 is 9.86 Å². The van der Waals surface area contributed by atoms with Crippen LogP contribution in [0.3, 0.4) is 0 Å². The van der Waals surface area contributed by atoms with E-state index in [0.29, 0.717) is 0 Å². The average molecular weight is 1070 g/mol. The van der Waals surface area contributed by atoms with Gasteiger partial charge in [-0.05, 0) is 163 Å². The number of para-hydroxylation sites is 3. The third-order valence-electron chi connectivity index (χ3n) is 12.8. The second-order valence-electron chi connectivity index (χ2n) is 20.1. The number of methoxy groups -OCH3 is 2. The van der Waals surface area contributed by atoms with E-state index in [0.717, 1.165) is 108 Å². The molecule has 0 bridgehead atoms. The molecule has 4 aliphatic heterocycles. The molecule has 3 aromatic rings. The molecule has 4 saturated heterocycles. The first-order valence-electron chi connectivity index (χ1n) is 24.1. The fourth-order valence-corrected chi connectivity index (χ4v) is 8.10. The molecule has 3 aromatic carbocycles.